The van der Waals surface area contributed by atoms with E-state index in [1.165, 1.54) is 13.1 Å². The first kappa shape index (κ1) is 20.8. The van der Waals surface area contributed by atoms with Crippen LogP contribution in [0.4, 0.5) is 11.5 Å². The molecular weight excluding hydrogens is 394 g/mol. The number of para-hydroxylation sites is 1. The predicted octanol–water partition coefficient (Wildman–Crippen LogP) is 3.22. The maximum atomic E-state index is 12.5. The number of amides is 2. The molecule has 8 heteroatoms. The fourth-order valence-corrected chi connectivity index (χ4v) is 3.28. The number of nitrogens with zero attached hydrogens (tertiary/aromatic N) is 2. The van der Waals surface area contributed by atoms with E-state index in [0.29, 0.717) is 10.8 Å². The minimum Gasteiger partial charge on any atom is -0.452 e. The van der Waals surface area contributed by atoms with E-state index >= 15 is 0 Å². The van der Waals surface area contributed by atoms with Crippen molar-refractivity contribution in [2.75, 3.05) is 16.8 Å². The summed E-state index contributed by atoms with van der Waals surface area (Å²) >= 11 is 5.76. The maximum absolute atomic E-state index is 12.5. The SMILES string of the molecule is CCc1ccccc1N1C[C@H](C(=O)O[C@@H](C)C(=O)Nc2ccc(Cl)cn2)CC1=O. The van der Waals surface area contributed by atoms with E-state index in [1.54, 1.807) is 17.0 Å². The zero-order valence-electron chi connectivity index (χ0n) is 16.2. The van der Waals surface area contributed by atoms with Crippen LogP contribution in [0.25, 0.3) is 0 Å². The van der Waals surface area contributed by atoms with Crippen molar-refractivity contribution >= 4 is 40.9 Å². The van der Waals surface area contributed by atoms with Crippen LogP contribution < -0.4 is 10.2 Å². The minimum absolute atomic E-state index is 0.0595. The van der Waals surface area contributed by atoms with Crippen LogP contribution in [-0.4, -0.2) is 35.4 Å². The lowest BCUT2D eigenvalue weighted by atomic mass is 10.1. The number of carbonyl (C=O) groups excluding carboxylic acids is 3. The van der Waals surface area contributed by atoms with Gasteiger partial charge in [-0.2, -0.15) is 0 Å². The molecule has 1 saturated heterocycles. The highest BCUT2D eigenvalue weighted by molar-refractivity contribution is 6.30. The third-order valence-corrected chi connectivity index (χ3v) is 4.99. The number of ether oxygens (including phenoxy) is 1. The second-order valence-electron chi connectivity index (χ2n) is 6.82. The fraction of sp³-hybridized carbons (Fsp3) is 0.333. The van der Waals surface area contributed by atoms with Gasteiger partial charge in [-0.05, 0) is 37.1 Å². The van der Waals surface area contributed by atoms with E-state index in [0.717, 1.165) is 17.7 Å². The van der Waals surface area contributed by atoms with E-state index in [4.69, 9.17) is 16.3 Å². The average molecular weight is 416 g/mol. The number of rotatable bonds is 6. The molecular formula is C21H22ClN3O4. The van der Waals surface area contributed by atoms with E-state index in [1.807, 2.05) is 31.2 Å². The Hall–Kier alpha value is -2.93. The van der Waals surface area contributed by atoms with Crippen LogP contribution in [0, 0.1) is 5.92 Å². The maximum Gasteiger partial charge on any atom is 0.312 e. The van der Waals surface area contributed by atoms with Crippen LogP contribution >= 0.6 is 11.6 Å². The molecule has 0 aliphatic carbocycles. The van der Waals surface area contributed by atoms with E-state index in [2.05, 4.69) is 10.3 Å². The van der Waals surface area contributed by atoms with Gasteiger partial charge in [-0.15, -0.1) is 0 Å². The van der Waals surface area contributed by atoms with Gasteiger partial charge in [0.15, 0.2) is 6.10 Å². The Bertz CT molecular complexity index is 916. The van der Waals surface area contributed by atoms with Gasteiger partial charge in [-0.1, -0.05) is 36.7 Å². The summed E-state index contributed by atoms with van der Waals surface area (Å²) < 4.78 is 5.30. The molecule has 7 nitrogen and oxygen atoms in total. The Morgan fingerprint density at radius 3 is 2.76 bits per heavy atom. The molecule has 3 rings (SSSR count). The molecule has 1 N–H and O–H groups in total. The first-order chi connectivity index (χ1) is 13.9. The van der Waals surface area contributed by atoms with Gasteiger partial charge in [-0.3, -0.25) is 14.4 Å². The standard InChI is InChI=1S/C21H22ClN3O4/c1-3-14-6-4-5-7-17(14)25-12-15(10-19(25)26)21(28)29-13(2)20(27)24-18-9-8-16(22)11-23-18/h4-9,11,13,15H,3,10,12H2,1-2H3,(H,23,24,27)/t13-,15+/m0/s1. The second kappa shape index (κ2) is 9.05. The molecule has 152 valence electrons. The monoisotopic (exact) mass is 415 g/mol. The molecule has 0 unspecified atom stereocenters. The molecule has 0 saturated carbocycles. The Kier molecular flexibility index (Phi) is 6.49. The molecule has 2 amide bonds. The van der Waals surface area contributed by atoms with Crippen molar-refractivity contribution in [1.82, 2.24) is 4.98 Å². The molecule has 1 aromatic heterocycles. The molecule has 1 aliphatic heterocycles. The second-order valence-corrected chi connectivity index (χ2v) is 7.25. The van der Waals surface area contributed by atoms with Gasteiger partial charge in [0, 0.05) is 24.8 Å². The Morgan fingerprint density at radius 1 is 1.31 bits per heavy atom. The number of anilines is 2. The van der Waals surface area contributed by atoms with Gasteiger partial charge in [0.1, 0.15) is 5.82 Å². The summed E-state index contributed by atoms with van der Waals surface area (Å²) in [4.78, 5) is 42.8. The first-order valence-corrected chi connectivity index (χ1v) is 9.78. The van der Waals surface area contributed by atoms with Crippen molar-refractivity contribution in [3.8, 4) is 0 Å². The normalized spacial score (nSPS) is 17.1. The number of aromatic nitrogens is 1. The van der Waals surface area contributed by atoms with Crippen LogP contribution in [0.15, 0.2) is 42.6 Å². The number of hydrogen-bond donors (Lipinski definition) is 1. The summed E-state index contributed by atoms with van der Waals surface area (Å²) in [6, 6.07) is 10.8. The molecule has 2 heterocycles. The summed E-state index contributed by atoms with van der Waals surface area (Å²) in [5.74, 6) is -1.51. The largest absolute Gasteiger partial charge is 0.452 e. The zero-order chi connectivity index (χ0) is 21.0. The van der Waals surface area contributed by atoms with Crippen molar-refractivity contribution in [3.05, 3.63) is 53.2 Å². The molecule has 1 aromatic carbocycles. The molecule has 0 spiro atoms. The number of pyridine rings is 1. The molecule has 0 radical (unpaired) electrons. The summed E-state index contributed by atoms with van der Waals surface area (Å²) in [7, 11) is 0. The van der Waals surface area contributed by atoms with Gasteiger partial charge in [0.25, 0.3) is 5.91 Å². The van der Waals surface area contributed by atoms with Crippen LogP contribution in [0.3, 0.4) is 0 Å². The molecule has 0 bridgehead atoms. The van der Waals surface area contributed by atoms with Crippen molar-refractivity contribution in [2.24, 2.45) is 5.92 Å². The van der Waals surface area contributed by atoms with Crippen LogP contribution in [0.5, 0.6) is 0 Å². The predicted molar refractivity (Wildman–Crippen MR) is 110 cm³/mol. The minimum atomic E-state index is -1.02. The number of esters is 1. The fourth-order valence-electron chi connectivity index (χ4n) is 3.17. The molecule has 1 aliphatic rings. The van der Waals surface area contributed by atoms with Crippen molar-refractivity contribution in [3.63, 3.8) is 0 Å². The number of aryl methyl sites for hydroxylation is 1. The smallest absolute Gasteiger partial charge is 0.312 e. The average Bonchev–Trinajstić information content (AvgIpc) is 3.11. The van der Waals surface area contributed by atoms with Gasteiger partial charge in [0.05, 0.1) is 10.9 Å². The number of benzene rings is 1. The lowest BCUT2D eigenvalue weighted by Crippen LogP contribution is -2.33. The molecule has 2 atom stereocenters. The summed E-state index contributed by atoms with van der Waals surface area (Å²) in [5.41, 5.74) is 1.85. The third-order valence-electron chi connectivity index (χ3n) is 4.76. The van der Waals surface area contributed by atoms with Gasteiger partial charge in [0.2, 0.25) is 5.91 Å². The van der Waals surface area contributed by atoms with Gasteiger partial charge in [-0.25, -0.2) is 4.98 Å². The van der Waals surface area contributed by atoms with Gasteiger partial charge < -0.3 is 15.0 Å². The van der Waals surface area contributed by atoms with Crippen molar-refractivity contribution in [2.45, 2.75) is 32.8 Å². The highest BCUT2D eigenvalue weighted by atomic mass is 35.5. The van der Waals surface area contributed by atoms with Crippen LogP contribution in [-0.2, 0) is 25.5 Å². The van der Waals surface area contributed by atoms with Gasteiger partial charge >= 0.3 is 5.97 Å². The zero-order valence-corrected chi connectivity index (χ0v) is 17.0. The van der Waals surface area contributed by atoms with Crippen LogP contribution in [0.2, 0.25) is 5.02 Å². The number of hydrogen-bond acceptors (Lipinski definition) is 5. The first-order valence-electron chi connectivity index (χ1n) is 9.40. The van der Waals surface area contributed by atoms with E-state index < -0.39 is 23.9 Å². The highest BCUT2D eigenvalue weighted by Crippen LogP contribution is 2.29. The number of halogens is 1. The summed E-state index contributed by atoms with van der Waals surface area (Å²) in [6.07, 6.45) is 1.22. The quantitative estimate of drug-likeness (QED) is 0.732. The Labute approximate surface area is 174 Å². The van der Waals surface area contributed by atoms with Crippen molar-refractivity contribution in [1.29, 1.82) is 0 Å². The van der Waals surface area contributed by atoms with Crippen molar-refractivity contribution < 1.29 is 19.1 Å². The Morgan fingerprint density at radius 2 is 2.07 bits per heavy atom. The molecule has 2 aromatic rings. The lowest BCUT2D eigenvalue weighted by Gasteiger charge is -2.20. The van der Waals surface area contributed by atoms with E-state index in [-0.39, 0.29) is 18.9 Å². The summed E-state index contributed by atoms with van der Waals surface area (Å²) in [5, 5.41) is 3.01. The molecule has 1 fully saturated rings. The highest BCUT2D eigenvalue weighted by Gasteiger charge is 2.37. The molecule has 29 heavy (non-hydrogen) atoms. The Balaban J connectivity index is 1.60. The summed E-state index contributed by atoms with van der Waals surface area (Å²) in [6.45, 7) is 3.73. The topological polar surface area (TPSA) is 88.6 Å². The van der Waals surface area contributed by atoms with Crippen LogP contribution in [0.1, 0.15) is 25.8 Å². The third kappa shape index (κ3) is 4.92. The lowest BCUT2D eigenvalue weighted by molar-refractivity contribution is -0.157. The number of carbonyl (C=O) groups is 3. The number of nitrogens with one attached hydrogen (secondary N) is 1. The van der Waals surface area contributed by atoms with E-state index in [9.17, 15) is 14.4 Å².